The van der Waals surface area contributed by atoms with E-state index >= 15 is 0 Å². The molecular formula is C22H20F3N3O4. The molecule has 4 rings (SSSR count). The number of halogens is 3. The molecule has 1 saturated heterocycles. The van der Waals surface area contributed by atoms with Crippen LogP contribution in [0.15, 0.2) is 42.5 Å². The summed E-state index contributed by atoms with van der Waals surface area (Å²) in [5.74, 6) is -1.62. The summed E-state index contributed by atoms with van der Waals surface area (Å²) in [6, 6.07) is 10.2. The summed E-state index contributed by atoms with van der Waals surface area (Å²) in [6.45, 7) is 2.29. The second kappa shape index (κ2) is 8.18. The van der Waals surface area contributed by atoms with E-state index in [0.29, 0.717) is 24.3 Å². The van der Waals surface area contributed by atoms with Crippen LogP contribution >= 0.6 is 0 Å². The summed E-state index contributed by atoms with van der Waals surface area (Å²) >= 11 is 0. The number of nitrogens with one attached hydrogen (secondary N) is 1. The van der Waals surface area contributed by atoms with E-state index in [-0.39, 0.29) is 24.8 Å². The van der Waals surface area contributed by atoms with Crippen molar-refractivity contribution in [1.82, 2.24) is 0 Å². The van der Waals surface area contributed by atoms with Crippen molar-refractivity contribution in [3.05, 3.63) is 48.0 Å². The lowest BCUT2D eigenvalue weighted by molar-refractivity contribution is -0.274. The lowest BCUT2D eigenvalue weighted by Gasteiger charge is -2.19. The highest BCUT2D eigenvalue weighted by molar-refractivity contribution is 6.04. The molecule has 0 spiro atoms. The highest BCUT2D eigenvalue weighted by Crippen LogP contribution is 2.34. The van der Waals surface area contributed by atoms with E-state index in [2.05, 4.69) is 10.1 Å². The number of nitrogens with zero attached hydrogens (tertiary/aromatic N) is 2. The van der Waals surface area contributed by atoms with Gasteiger partial charge in [0.15, 0.2) is 0 Å². The number of hydrogen-bond acceptors (Lipinski definition) is 4. The lowest BCUT2D eigenvalue weighted by Crippen LogP contribution is -2.28. The van der Waals surface area contributed by atoms with Gasteiger partial charge in [0, 0.05) is 43.5 Å². The van der Waals surface area contributed by atoms with Gasteiger partial charge in [-0.25, -0.2) is 0 Å². The zero-order valence-corrected chi connectivity index (χ0v) is 17.1. The van der Waals surface area contributed by atoms with Gasteiger partial charge in [-0.3, -0.25) is 14.4 Å². The molecule has 2 aliphatic heterocycles. The molecule has 0 radical (unpaired) electrons. The van der Waals surface area contributed by atoms with Crippen LogP contribution in [0.25, 0.3) is 0 Å². The first kappa shape index (κ1) is 21.7. The second-order valence-electron chi connectivity index (χ2n) is 7.70. The minimum atomic E-state index is -4.79. The highest BCUT2D eigenvalue weighted by atomic mass is 19.4. The van der Waals surface area contributed by atoms with Crippen LogP contribution in [0, 0.1) is 5.92 Å². The summed E-state index contributed by atoms with van der Waals surface area (Å²) in [7, 11) is 0. The van der Waals surface area contributed by atoms with Gasteiger partial charge in [0.05, 0.1) is 5.92 Å². The Bertz CT molecular complexity index is 1070. The molecule has 0 aromatic heterocycles. The molecule has 2 heterocycles. The quantitative estimate of drug-likeness (QED) is 0.779. The van der Waals surface area contributed by atoms with Crippen LogP contribution in [0.3, 0.4) is 0 Å². The lowest BCUT2D eigenvalue weighted by atomic mass is 10.1. The van der Waals surface area contributed by atoms with Crippen LogP contribution in [0.5, 0.6) is 5.75 Å². The van der Waals surface area contributed by atoms with Crippen molar-refractivity contribution in [2.75, 3.05) is 28.2 Å². The molecule has 7 nitrogen and oxygen atoms in total. The molecule has 2 aliphatic rings. The van der Waals surface area contributed by atoms with Gasteiger partial charge in [0.25, 0.3) is 0 Å². The average Bonchev–Trinajstić information content (AvgIpc) is 3.31. The van der Waals surface area contributed by atoms with E-state index in [1.54, 1.807) is 15.9 Å². The number of alkyl halides is 3. The van der Waals surface area contributed by atoms with Gasteiger partial charge in [-0.1, -0.05) is 0 Å². The predicted octanol–water partition coefficient (Wildman–Crippen LogP) is 3.49. The van der Waals surface area contributed by atoms with Crippen molar-refractivity contribution in [2.24, 2.45) is 5.92 Å². The molecule has 1 fully saturated rings. The van der Waals surface area contributed by atoms with Gasteiger partial charge in [0.2, 0.25) is 17.7 Å². The van der Waals surface area contributed by atoms with Crippen LogP contribution < -0.4 is 19.9 Å². The highest BCUT2D eigenvalue weighted by Gasteiger charge is 2.36. The first-order valence-electron chi connectivity index (χ1n) is 9.99. The minimum absolute atomic E-state index is 0.0256. The van der Waals surface area contributed by atoms with Crippen molar-refractivity contribution in [2.45, 2.75) is 26.1 Å². The number of hydrogen-bond donors (Lipinski definition) is 1. The van der Waals surface area contributed by atoms with E-state index in [1.165, 1.54) is 19.1 Å². The first-order valence-corrected chi connectivity index (χ1v) is 9.99. The topological polar surface area (TPSA) is 79.0 Å². The molecule has 1 N–H and O–H groups in total. The largest absolute Gasteiger partial charge is 0.573 e. The normalized spacial score (nSPS) is 18.0. The van der Waals surface area contributed by atoms with Crippen molar-refractivity contribution in [3.63, 3.8) is 0 Å². The minimum Gasteiger partial charge on any atom is -0.406 e. The first-order chi connectivity index (χ1) is 15.1. The van der Waals surface area contributed by atoms with Gasteiger partial charge in [-0.15, -0.1) is 13.2 Å². The summed E-state index contributed by atoms with van der Waals surface area (Å²) in [4.78, 5) is 40.1. The Morgan fingerprint density at radius 3 is 2.50 bits per heavy atom. The van der Waals surface area contributed by atoms with Gasteiger partial charge in [0.1, 0.15) is 5.75 Å². The van der Waals surface area contributed by atoms with E-state index in [1.807, 2.05) is 12.1 Å². The third kappa shape index (κ3) is 4.53. The SMILES string of the molecule is CC(=O)N1CCc2cc(N3CC(C(=O)Nc4ccc(OC(F)(F)F)cc4)CC3=O)ccc21. The van der Waals surface area contributed by atoms with E-state index in [0.717, 1.165) is 23.4 Å². The number of carbonyl (C=O) groups is 3. The zero-order chi connectivity index (χ0) is 23.0. The van der Waals surface area contributed by atoms with E-state index in [4.69, 9.17) is 0 Å². The smallest absolute Gasteiger partial charge is 0.406 e. The zero-order valence-electron chi connectivity index (χ0n) is 17.1. The average molecular weight is 447 g/mol. The molecule has 32 heavy (non-hydrogen) atoms. The number of carbonyl (C=O) groups excluding carboxylic acids is 3. The van der Waals surface area contributed by atoms with Gasteiger partial charge >= 0.3 is 6.36 Å². The Morgan fingerprint density at radius 2 is 1.84 bits per heavy atom. The molecule has 3 amide bonds. The maximum Gasteiger partial charge on any atom is 0.573 e. The number of ether oxygens (including phenoxy) is 1. The molecule has 2 aromatic rings. The molecule has 10 heteroatoms. The summed E-state index contributed by atoms with van der Waals surface area (Å²) in [6.07, 6.45) is -4.07. The molecule has 1 unspecified atom stereocenters. The fraction of sp³-hybridized carbons (Fsp3) is 0.318. The van der Waals surface area contributed by atoms with Crippen LogP contribution in [-0.2, 0) is 20.8 Å². The molecule has 0 aliphatic carbocycles. The fourth-order valence-corrected chi connectivity index (χ4v) is 4.00. The number of rotatable bonds is 4. The summed E-state index contributed by atoms with van der Waals surface area (Å²) in [5, 5.41) is 2.63. The van der Waals surface area contributed by atoms with Crippen molar-refractivity contribution in [3.8, 4) is 5.75 Å². The van der Waals surface area contributed by atoms with Gasteiger partial charge in [-0.05, 0) is 54.4 Å². The van der Waals surface area contributed by atoms with Gasteiger partial charge in [-0.2, -0.15) is 0 Å². The van der Waals surface area contributed by atoms with Crippen LogP contribution in [0.2, 0.25) is 0 Å². The number of anilines is 3. The maximum atomic E-state index is 12.6. The molecule has 2 aromatic carbocycles. The van der Waals surface area contributed by atoms with E-state index in [9.17, 15) is 27.6 Å². The molecule has 0 bridgehead atoms. The van der Waals surface area contributed by atoms with Crippen LogP contribution in [0.1, 0.15) is 18.9 Å². The maximum absolute atomic E-state index is 12.6. The number of benzene rings is 2. The van der Waals surface area contributed by atoms with Crippen LogP contribution in [0.4, 0.5) is 30.2 Å². The fourth-order valence-electron chi connectivity index (χ4n) is 4.00. The number of fused-ring (bicyclic) bond motifs is 1. The Hall–Kier alpha value is -3.56. The second-order valence-corrected chi connectivity index (χ2v) is 7.70. The molecule has 168 valence electrons. The Kier molecular flexibility index (Phi) is 5.53. The Balaban J connectivity index is 1.40. The standard InChI is InChI=1S/C22H20F3N3O4/c1-13(29)27-9-8-14-10-17(4-7-19(14)27)28-12-15(11-20(28)30)21(31)26-16-2-5-18(6-3-16)32-22(23,24)25/h2-7,10,15H,8-9,11-12H2,1H3,(H,26,31). The Morgan fingerprint density at radius 1 is 1.12 bits per heavy atom. The van der Waals surface area contributed by atoms with E-state index < -0.39 is 23.9 Å². The number of amides is 3. The predicted molar refractivity (Wildman–Crippen MR) is 110 cm³/mol. The summed E-state index contributed by atoms with van der Waals surface area (Å²) in [5.41, 5.74) is 2.78. The monoisotopic (exact) mass is 447 g/mol. The summed E-state index contributed by atoms with van der Waals surface area (Å²) < 4.78 is 40.6. The molecule has 0 saturated carbocycles. The third-order valence-corrected chi connectivity index (χ3v) is 5.50. The molecule has 1 atom stereocenters. The third-order valence-electron chi connectivity index (χ3n) is 5.50. The van der Waals surface area contributed by atoms with Gasteiger partial charge < -0.3 is 19.9 Å². The Labute approximate surface area is 181 Å². The van der Waals surface area contributed by atoms with Crippen molar-refractivity contribution in [1.29, 1.82) is 0 Å². The molecular weight excluding hydrogens is 427 g/mol. The van der Waals surface area contributed by atoms with Crippen molar-refractivity contribution >= 4 is 34.8 Å². The van der Waals surface area contributed by atoms with Crippen molar-refractivity contribution < 1.29 is 32.3 Å². The van der Waals surface area contributed by atoms with Crippen LogP contribution in [-0.4, -0.2) is 37.2 Å².